The van der Waals surface area contributed by atoms with Crippen LogP contribution in [0.25, 0.3) is 0 Å². The molecule has 1 aliphatic heterocycles. The second-order valence-corrected chi connectivity index (χ2v) is 11.6. The maximum absolute atomic E-state index is 13.1. The average Bonchev–Trinajstić information content (AvgIpc) is 3.10. The molecule has 0 unspecified atom stereocenters. The minimum atomic E-state index is -4.19. The van der Waals surface area contributed by atoms with Gasteiger partial charge in [-0.25, -0.2) is 26.7 Å². The summed E-state index contributed by atoms with van der Waals surface area (Å²) in [5.74, 6) is 0. The molecule has 3 aromatic rings. The normalized spacial score (nSPS) is 16.0. The van der Waals surface area contributed by atoms with E-state index in [-0.39, 0.29) is 28.8 Å². The third-order valence-corrected chi connectivity index (χ3v) is 8.26. The number of halogens is 2. The van der Waals surface area contributed by atoms with E-state index in [4.69, 9.17) is 16.7 Å². The lowest BCUT2D eigenvalue weighted by Gasteiger charge is -2.29. The van der Waals surface area contributed by atoms with Crippen LogP contribution >= 0.6 is 27.5 Å². The maximum Gasteiger partial charge on any atom is 0.247 e. The van der Waals surface area contributed by atoms with E-state index in [0.717, 1.165) is 20.4 Å². The molecule has 1 aliphatic rings. The molecule has 0 atom stereocenters. The second kappa shape index (κ2) is 8.15. The molecular weight excluding hydrogens is 532 g/mol. The molecule has 14 heteroatoms. The summed E-state index contributed by atoms with van der Waals surface area (Å²) in [5, 5.41) is 16.0. The number of rotatable bonds is 5. The molecule has 3 N–H and O–H groups in total. The third kappa shape index (κ3) is 4.61. The van der Waals surface area contributed by atoms with Crippen molar-refractivity contribution in [2.24, 2.45) is 5.14 Å². The summed E-state index contributed by atoms with van der Waals surface area (Å²) >= 11 is 9.37. The zero-order valence-electron chi connectivity index (χ0n) is 15.7. The summed E-state index contributed by atoms with van der Waals surface area (Å²) in [5.41, 5.74) is 1.64. The molecule has 0 fully saturated rings. The van der Waals surface area contributed by atoms with Gasteiger partial charge in [-0.3, -0.25) is 0 Å². The molecular formula is C17H16BrClN6O4S2. The summed E-state index contributed by atoms with van der Waals surface area (Å²) < 4.78 is 53.3. The van der Waals surface area contributed by atoms with Gasteiger partial charge < -0.3 is 5.32 Å². The lowest BCUT2D eigenvalue weighted by atomic mass is 10.2. The Morgan fingerprint density at radius 1 is 1.23 bits per heavy atom. The molecule has 4 rings (SSSR count). The average molecular weight is 548 g/mol. The van der Waals surface area contributed by atoms with Gasteiger partial charge in [0.05, 0.1) is 42.4 Å². The monoisotopic (exact) mass is 546 g/mol. The molecule has 0 saturated heterocycles. The van der Waals surface area contributed by atoms with Gasteiger partial charge in [-0.1, -0.05) is 44.9 Å². The van der Waals surface area contributed by atoms with Crippen molar-refractivity contribution in [3.8, 4) is 0 Å². The van der Waals surface area contributed by atoms with Crippen LogP contribution < -0.4 is 10.5 Å². The largest absolute Gasteiger partial charge is 0.370 e. The summed E-state index contributed by atoms with van der Waals surface area (Å²) in [4.78, 5) is -0.686. The Hall–Kier alpha value is -2.03. The van der Waals surface area contributed by atoms with Crippen LogP contribution in [0.5, 0.6) is 0 Å². The van der Waals surface area contributed by atoms with Crippen LogP contribution in [0, 0.1) is 0 Å². The summed E-state index contributed by atoms with van der Waals surface area (Å²) in [7, 11) is -8.22. The number of hydrogen-bond donors (Lipinski definition) is 2. The molecule has 0 aliphatic carbocycles. The smallest absolute Gasteiger partial charge is 0.247 e. The standard InChI is InChI=1S/C17H16BrClN6O4S2/c18-12-3-1-2-11(4-12)7-24-8-13(22-23-24)9-25-10-21-15-5-14(19)16(30(20,26)27)6-17(15)31(25,28)29/h1-6,8,21H,7,9-10H2,(H2,20,26,27). The van der Waals surface area contributed by atoms with Gasteiger partial charge in [0.1, 0.15) is 9.79 Å². The van der Waals surface area contributed by atoms with Crippen molar-refractivity contribution in [3.05, 3.63) is 63.3 Å². The Balaban J connectivity index is 1.58. The van der Waals surface area contributed by atoms with Crippen LogP contribution in [-0.2, 0) is 33.1 Å². The number of nitrogens with one attached hydrogen (secondary N) is 1. The van der Waals surface area contributed by atoms with E-state index in [2.05, 4.69) is 31.6 Å². The van der Waals surface area contributed by atoms with E-state index in [9.17, 15) is 16.8 Å². The third-order valence-electron chi connectivity index (χ3n) is 4.56. The van der Waals surface area contributed by atoms with E-state index in [1.807, 2.05) is 24.3 Å². The topological polar surface area (TPSA) is 140 Å². The van der Waals surface area contributed by atoms with Crippen LogP contribution in [0.3, 0.4) is 0 Å². The van der Waals surface area contributed by atoms with Crippen molar-refractivity contribution in [1.29, 1.82) is 0 Å². The van der Waals surface area contributed by atoms with Crippen LogP contribution in [0.2, 0.25) is 5.02 Å². The first-order chi connectivity index (χ1) is 14.5. The van der Waals surface area contributed by atoms with Gasteiger partial charge in [0, 0.05) is 4.47 Å². The van der Waals surface area contributed by atoms with Gasteiger partial charge in [-0.05, 0) is 29.8 Å². The molecule has 0 radical (unpaired) electrons. The zero-order valence-corrected chi connectivity index (χ0v) is 19.7. The Labute approximate surface area is 192 Å². The predicted octanol–water partition coefficient (Wildman–Crippen LogP) is 1.96. The van der Waals surface area contributed by atoms with Crippen molar-refractivity contribution >= 4 is 53.3 Å². The van der Waals surface area contributed by atoms with Crippen molar-refractivity contribution in [2.75, 3.05) is 12.0 Å². The Bertz CT molecular complexity index is 1380. The van der Waals surface area contributed by atoms with Crippen molar-refractivity contribution in [2.45, 2.75) is 22.9 Å². The van der Waals surface area contributed by atoms with Crippen LogP contribution in [0.1, 0.15) is 11.3 Å². The number of nitrogens with two attached hydrogens (primary N) is 1. The summed E-state index contributed by atoms with van der Waals surface area (Å²) in [6.45, 7) is 0.371. The molecule has 2 aromatic carbocycles. The molecule has 1 aromatic heterocycles. The number of benzene rings is 2. The highest BCUT2D eigenvalue weighted by Gasteiger charge is 2.34. The molecule has 10 nitrogen and oxygen atoms in total. The van der Waals surface area contributed by atoms with E-state index >= 15 is 0 Å². The number of sulfonamides is 2. The van der Waals surface area contributed by atoms with Crippen LogP contribution in [0.4, 0.5) is 5.69 Å². The number of anilines is 1. The lowest BCUT2D eigenvalue weighted by Crippen LogP contribution is -2.39. The molecule has 164 valence electrons. The fourth-order valence-electron chi connectivity index (χ4n) is 3.13. The minimum Gasteiger partial charge on any atom is -0.370 e. The highest BCUT2D eigenvalue weighted by molar-refractivity contribution is 9.10. The van der Waals surface area contributed by atoms with Gasteiger partial charge in [-0.15, -0.1) is 5.10 Å². The van der Waals surface area contributed by atoms with Gasteiger partial charge in [0.2, 0.25) is 20.0 Å². The van der Waals surface area contributed by atoms with E-state index in [1.165, 1.54) is 6.07 Å². The number of primary sulfonamides is 1. The zero-order chi connectivity index (χ0) is 22.4. The van der Waals surface area contributed by atoms with Gasteiger partial charge >= 0.3 is 0 Å². The SMILES string of the molecule is NS(=O)(=O)c1cc2c(cc1Cl)NCN(Cc1cn(Cc3cccc(Br)c3)nn1)S2(=O)=O. The van der Waals surface area contributed by atoms with Gasteiger partial charge in [0.15, 0.2) is 0 Å². The Kier molecular flexibility index (Phi) is 5.83. The number of fused-ring (bicyclic) bond motifs is 1. The highest BCUT2D eigenvalue weighted by Crippen LogP contribution is 2.35. The Morgan fingerprint density at radius 3 is 2.71 bits per heavy atom. The lowest BCUT2D eigenvalue weighted by molar-refractivity contribution is 0.416. The van der Waals surface area contributed by atoms with E-state index < -0.39 is 24.9 Å². The molecule has 0 bridgehead atoms. The first kappa shape index (κ1) is 22.2. The molecule has 0 spiro atoms. The predicted molar refractivity (Wildman–Crippen MR) is 117 cm³/mol. The number of hydrogen-bond acceptors (Lipinski definition) is 7. The van der Waals surface area contributed by atoms with Gasteiger partial charge in [0.25, 0.3) is 0 Å². The fraction of sp³-hybridized carbons (Fsp3) is 0.176. The Morgan fingerprint density at radius 2 is 2.00 bits per heavy atom. The number of nitrogens with zero attached hydrogens (tertiary/aromatic N) is 4. The van der Waals surface area contributed by atoms with Crippen molar-refractivity contribution in [3.63, 3.8) is 0 Å². The summed E-state index contributed by atoms with van der Waals surface area (Å²) in [6.07, 6.45) is 1.66. The molecule has 0 amide bonds. The van der Waals surface area contributed by atoms with Gasteiger partial charge in [-0.2, -0.15) is 4.31 Å². The van der Waals surface area contributed by atoms with Crippen molar-refractivity contribution in [1.82, 2.24) is 19.3 Å². The second-order valence-electron chi connectivity index (χ2n) is 6.81. The molecule has 2 heterocycles. The van der Waals surface area contributed by atoms with Crippen molar-refractivity contribution < 1.29 is 16.8 Å². The minimum absolute atomic E-state index is 0.0428. The molecule has 0 saturated carbocycles. The van der Waals surface area contributed by atoms with Crippen LogP contribution in [-0.4, -0.2) is 42.8 Å². The first-order valence-electron chi connectivity index (χ1n) is 8.78. The molecule has 31 heavy (non-hydrogen) atoms. The fourth-order valence-corrected chi connectivity index (χ4v) is 6.25. The van der Waals surface area contributed by atoms with E-state index in [1.54, 1.807) is 10.9 Å². The maximum atomic E-state index is 13.1. The quantitative estimate of drug-likeness (QED) is 0.497. The highest BCUT2D eigenvalue weighted by atomic mass is 79.9. The van der Waals surface area contributed by atoms with Crippen LogP contribution in [0.15, 0.2) is 56.9 Å². The first-order valence-corrected chi connectivity index (χ1v) is 12.9. The summed E-state index contributed by atoms with van der Waals surface area (Å²) in [6, 6.07) is 9.91. The van der Waals surface area contributed by atoms with E-state index in [0.29, 0.717) is 12.2 Å². The number of aromatic nitrogens is 3.